The maximum atomic E-state index is 11.8. The number of rotatable bonds is 16. The minimum absolute atomic E-state index is 0.215. The van der Waals surface area contributed by atoms with Crippen molar-refractivity contribution in [2.45, 2.75) is 98.8 Å². The van der Waals surface area contributed by atoms with Crippen LogP contribution in [0.4, 0.5) is 0 Å². The standard InChI is InChI=1S/C11H17O3.3C4H9.Sn/c1-3-6-10(7-4-5-8-12)9-11(13)14-2;3*1-3-4-2;/h7,9,12H,3,5-6,8H2,1-2H3;3*1,3-4H2,2H3;/b7-4?,10-9+;;;;. The Morgan fingerprint density at radius 3 is 1.74 bits per heavy atom. The van der Waals surface area contributed by atoms with Crippen LogP contribution in [0.25, 0.3) is 0 Å². The maximum absolute atomic E-state index is 11.8. The van der Waals surface area contributed by atoms with Gasteiger partial charge in [-0.3, -0.25) is 0 Å². The molecule has 0 aliphatic heterocycles. The van der Waals surface area contributed by atoms with E-state index in [0.717, 1.165) is 24.8 Å². The Hall–Kier alpha value is -0.291. The number of carbonyl (C=O) groups excluding carboxylic acids is 1. The zero-order valence-corrected chi connectivity index (χ0v) is 21.5. The number of aliphatic hydroxyl groups is 1. The third-order valence-corrected chi connectivity index (χ3v) is 21.7. The molecule has 1 N–H and O–H groups in total. The van der Waals surface area contributed by atoms with E-state index >= 15 is 0 Å². The molecule has 0 radical (unpaired) electrons. The third-order valence-electron chi connectivity index (χ3n) is 5.49. The molecule has 0 spiro atoms. The van der Waals surface area contributed by atoms with Crippen molar-refractivity contribution < 1.29 is 14.6 Å². The topological polar surface area (TPSA) is 46.5 Å². The van der Waals surface area contributed by atoms with Gasteiger partial charge in [0, 0.05) is 0 Å². The first kappa shape index (κ1) is 26.7. The van der Waals surface area contributed by atoms with Crippen LogP contribution < -0.4 is 0 Å². The molecule has 0 rings (SSSR count). The molecule has 0 aliphatic carbocycles. The molecule has 27 heavy (non-hydrogen) atoms. The van der Waals surface area contributed by atoms with Gasteiger partial charge in [0.15, 0.2) is 0 Å². The molecule has 0 aromatic heterocycles. The first-order valence-electron chi connectivity index (χ1n) is 11.1. The number of aliphatic hydroxyl groups excluding tert-OH is 1. The van der Waals surface area contributed by atoms with Gasteiger partial charge >= 0.3 is 173 Å². The van der Waals surface area contributed by atoms with Crippen LogP contribution in [0.15, 0.2) is 21.3 Å². The van der Waals surface area contributed by atoms with E-state index in [-0.39, 0.29) is 12.6 Å². The average Bonchev–Trinajstić information content (AvgIpc) is 2.67. The Labute approximate surface area is 172 Å². The first-order valence-corrected chi connectivity index (χ1v) is 18.6. The molecule has 0 unspecified atom stereocenters. The average molecular weight is 487 g/mol. The van der Waals surface area contributed by atoms with Crippen LogP contribution in [0.1, 0.15) is 85.5 Å². The Kier molecular flexibility index (Phi) is 16.5. The quantitative estimate of drug-likeness (QED) is 0.116. The zero-order chi connectivity index (χ0) is 20.5. The molecule has 0 atom stereocenters. The van der Waals surface area contributed by atoms with E-state index in [0.29, 0.717) is 0 Å². The van der Waals surface area contributed by atoms with E-state index in [1.807, 2.05) is 0 Å². The van der Waals surface area contributed by atoms with Crippen molar-refractivity contribution in [3.05, 3.63) is 21.3 Å². The molecule has 0 bridgehead atoms. The van der Waals surface area contributed by atoms with Gasteiger partial charge in [0.25, 0.3) is 0 Å². The fraction of sp³-hybridized carbons (Fsp3) is 0.783. The summed E-state index contributed by atoms with van der Waals surface area (Å²) in [6, 6.07) is 0. The van der Waals surface area contributed by atoms with Gasteiger partial charge in [0.2, 0.25) is 0 Å². The number of carbonyl (C=O) groups is 1. The molecule has 0 saturated carbocycles. The predicted octanol–water partition coefficient (Wildman–Crippen LogP) is 6.58. The van der Waals surface area contributed by atoms with Crippen molar-refractivity contribution in [1.29, 1.82) is 0 Å². The van der Waals surface area contributed by atoms with E-state index in [9.17, 15) is 9.90 Å². The molecule has 0 heterocycles. The normalized spacial score (nSPS) is 13.1. The number of unbranched alkanes of at least 4 members (excludes halogenated alkanes) is 3. The summed E-state index contributed by atoms with van der Waals surface area (Å²) >= 11 is -2.58. The van der Waals surface area contributed by atoms with Crippen LogP contribution in [-0.2, 0) is 9.53 Å². The number of esters is 1. The third kappa shape index (κ3) is 10.7. The summed E-state index contributed by atoms with van der Waals surface area (Å²) in [4.78, 5) is 11.8. The summed E-state index contributed by atoms with van der Waals surface area (Å²) in [7, 11) is 1.44. The molecule has 158 valence electrons. The minimum atomic E-state index is -2.58. The Bertz CT molecular complexity index is 433. The number of methoxy groups -OCH3 is 1. The van der Waals surface area contributed by atoms with Crippen molar-refractivity contribution >= 4 is 24.3 Å². The van der Waals surface area contributed by atoms with Crippen molar-refractivity contribution in [3.8, 4) is 0 Å². The predicted molar refractivity (Wildman–Crippen MR) is 120 cm³/mol. The molecular formula is C23H44O3Sn. The molecule has 3 nitrogen and oxygen atoms in total. The SMILES string of the molecule is CCC[CH2][Sn]([CH2]CCC)([CH2]CCC)/[C](=C/C(=C/C(=O)OC)CCC)CCO. The molecule has 0 aromatic rings. The van der Waals surface area contributed by atoms with Crippen molar-refractivity contribution in [2.24, 2.45) is 0 Å². The number of hydrogen-bond donors (Lipinski definition) is 1. The van der Waals surface area contributed by atoms with E-state index in [1.165, 1.54) is 58.9 Å². The summed E-state index contributed by atoms with van der Waals surface area (Å²) in [5.74, 6) is -0.269. The van der Waals surface area contributed by atoms with Gasteiger partial charge in [-0.1, -0.05) is 0 Å². The van der Waals surface area contributed by atoms with Gasteiger partial charge in [-0.2, -0.15) is 0 Å². The molecule has 4 heteroatoms. The van der Waals surface area contributed by atoms with Gasteiger partial charge < -0.3 is 0 Å². The van der Waals surface area contributed by atoms with Crippen LogP contribution in [0.5, 0.6) is 0 Å². The second-order valence-corrected chi connectivity index (χ2v) is 21.1. The van der Waals surface area contributed by atoms with Crippen molar-refractivity contribution in [1.82, 2.24) is 0 Å². The zero-order valence-electron chi connectivity index (χ0n) is 18.6. The summed E-state index contributed by atoms with van der Waals surface area (Å²) in [5.41, 5.74) is 1.08. The molecule has 0 saturated heterocycles. The molecule has 0 aliphatic rings. The number of hydrogen-bond acceptors (Lipinski definition) is 3. The monoisotopic (exact) mass is 488 g/mol. The second-order valence-electron chi connectivity index (χ2n) is 7.73. The second kappa shape index (κ2) is 16.6. The Morgan fingerprint density at radius 1 is 0.852 bits per heavy atom. The van der Waals surface area contributed by atoms with Crippen LogP contribution in [0.2, 0.25) is 13.3 Å². The van der Waals surface area contributed by atoms with Gasteiger partial charge in [-0.05, 0) is 0 Å². The summed E-state index contributed by atoms with van der Waals surface area (Å²) in [6.07, 6.45) is 14.3. The van der Waals surface area contributed by atoms with Crippen molar-refractivity contribution in [2.75, 3.05) is 13.7 Å². The fourth-order valence-corrected chi connectivity index (χ4v) is 20.9. The summed E-state index contributed by atoms with van der Waals surface area (Å²) in [5, 5.41) is 9.83. The molecule has 0 fully saturated rings. The fourth-order valence-electron chi connectivity index (χ4n) is 3.92. The van der Waals surface area contributed by atoms with E-state index < -0.39 is 18.4 Å². The number of allylic oxidation sites excluding steroid dienone is 2. The molecule has 0 amide bonds. The molecular weight excluding hydrogens is 443 g/mol. The molecule has 0 aromatic carbocycles. The van der Waals surface area contributed by atoms with Crippen LogP contribution in [0, 0.1) is 0 Å². The van der Waals surface area contributed by atoms with E-state index in [1.54, 1.807) is 9.67 Å². The van der Waals surface area contributed by atoms with Crippen LogP contribution in [0.3, 0.4) is 0 Å². The summed E-state index contributed by atoms with van der Waals surface area (Å²) in [6.45, 7) is 9.21. The van der Waals surface area contributed by atoms with Crippen LogP contribution >= 0.6 is 0 Å². The Balaban J connectivity index is 6.09. The van der Waals surface area contributed by atoms with E-state index in [4.69, 9.17) is 4.74 Å². The Morgan fingerprint density at radius 2 is 1.37 bits per heavy atom. The van der Waals surface area contributed by atoms with E-state index in [2.05, 4.69) is 33.8 Å². The van der Waals surface area contributed by atoms with Gasteiger partial charge in [0.05, 0.1) is 0 Å². The van der Waals surface area contributed by atoms with Crippen LogP contribution in [-0.4, -0.2) is 43.2 Å². The number of ether oxygens (including phenoxy) is 1. The van der Waals surface area contributed by atoms with Crippen molar-refractivity contribution in [3.63, 3.8) is 0 Å². The van der Waals surface area contributed by atoms with Gasteiger partial charge in [-0.25, -0.2) is 0 Å². The van der Waals surface area contributed by atoms with Gasteiger partial charge in [-0.15, -0.1) is 0 Å². The first-order chi connectivity index (χ1) is 13.0. The summed E-state index contributed by atoms with van der Waals surface area (Å²) < 4.78 is 10.6. The van der Waals surface area contributed by atoms with Gasteiger partial charge in [0.1, 0.15) is 0 Å².